The van der Waals surface area contributed by atoms with Crippen molar-refractivity contribution in [2.24, 2.45) is 0 Å². The lowest BCUT2D eigenvalue weighted by Crippen LogP contribution is -1.93. The molecule has 0 atom stereocenters. The second-order valence-electron chi connectivity index (χ2n) is 8.38. The summed E-state index contributed by atoms with van der Waals surface area (Å²) < 4.78 is 42.8. The van der Waals surface area contributed by atoms with Gasteiger partial charge in [0.05, 0.1) is 5.56 Å². The molecule has 164 valence electrons. The molecule has 32 heavy (non-hydrogen) atoms. The number of rotatable bonds is 8. The third-order valence-electron chi connectivity index (χ3n) is 5.98. The molecule has 0 aliphatic rings. The Bertz CT molecular complexity index is 1190. The fraction of sp³-hybridized carbons (Fsp3) is 0.241. The number of hydrogen-bond donors (Lipinski definition) is 0. The molecular formula is C29H27F3. The van der Waals surface area contributed by atoms with Crippen LogP contribution in [-0.4, -0.2) is 0 Å². The smallest absolute Gasteiger partial charge is 0.134 e. The van der Waals surface area contributed by atoms with Crippen LogP contribution >= 0.6 is 0 Å². The van der Waals surface area contributed by atoms with Gasteiger partial charge in [-0.2, -0.15) is 0 Å². The topological polar surface area (TPSA) is 0 Å². The summed E-state index contributed by atoms with van der Waals surface area (Å²) in [6.45, 7) is 2.22. The number of benzene rings is 4. The van der Waals surface area contributed by atoms with Gasteiger partial charge in [0.25, 0.3) is 0 Å². The van der Waals surface area contributed by atoms with Crippen molar-refractivity contribution < 1.29 is 13.2 Å². The largest absolute Gasteiger partial charge is 0.207 e. The molecule has 0 aliphatic carbocycles. The van der Waals surface area contributed by atoms with Crippen LogP contribution in [0.1, 0.15) is 44.6 Å². The van der Waals surface area contributed by atoms with E-state index in [2.05, 4.69) is 25.1 Å². The Morgan fingerprint density at radius 3 is 1.91 bits per heavy atom. The summed E-state index contributed by atoms with van der Waals surface area (Å²) >= 11 is 0. The zero-order valence-corrected chi connectivity index (χ0v) is 18.3. The maximum Gasteiger partial charge on any atom is 0.134 e. The van der Waals surface area contributed by atoms with E-state index in [0.29, 0.717) is 11.1 Å². The van der Waals surface area contributed by atoms with E-state index in [4.69, 9.17) is 0 Å². The van der Waals surface area contributed by atoms with Crippen LogP contribution < -0.4 is 0 Å². The summed E-state index contributed by atoms with van der Waals surface area (Å²) in [4.78, 5) is 0. The fourth-order valence-corrected chi connectivity index (χ4v) is 4.20. The van der Waals surface area contributed by atoms with Crippen molar-refractivity contribution in [3.8, 4) is 22.3 Å². The minimum atomic E-state index is -0.662. The molecule has 0 saturated heterocycles. The van der Waals surface area contributed by atoms with Crippen molar-refractivity contribution in [2.75, 3.05) is 0 Å². The summed E-state index contributed by atoms with van der Waals surface area (Å²) in [7, 11) is 0. The Labute approximate surface area is 187 Å². The number of unbranched alkanes of at least 4 members (excludes halogenated alkanes) is 4. The molecule has 4 aromatic rings. The standard InChI is InChI=1S/C29H27F3/c1-2-3-4-5-6-7-20-8-9-23-17-24(11-10-22(23)16-20)25-18-27(31)29(28(32)19-25)21-12-14-26(30)15-13-21/h8-19H,2-7H2,1H3. The first-order chi connectivity index (χ1) is 15.5. The van der Waals surface area contributed by atoms with Crippen LogP contribution in [0, 0.1) is 17.5 Å². The lowest BCUT2D eigenvalue weighted by atomic mass is 9.96. The Morgan fingerprint density at radius 2 is 1.19 bits per heavy atom. The molecule has 0 spiro atoms. The lowest BCUT2D eigenvalue weighted by molar-refractivity contribution is 0.590. The van der Waals surface area contributed by atoms with Crippen LogP contribution in [0.4, 0.5) is 13.2 Å². The van der Waals surface area contributed by atoms with Gasteiger partial charge in [0, 0.05) is 0 Å². The van der Waals surface area contributed by atoms with Gasteiger partial charge in [-0.05, 0) is 76.2 Å². The van der Waals surface area contributed by atoms with E-state index in [9.17, 15) is 13.2 Å². The maximum atomic E-state index is 14.8. The quantitative estimate of drug-likeness (QED) is 0.244. The van der Waals surface area contributed by atoms with E-state index in [1.54, 1.807) is 0 Å². The number of hydrogen-bond acceptors (Lipinski definition) is 0. The second-order valence-corrected chi connectivity index (χ2v) is 8.38. The monoisotopic (exact) mass is 432 g/mol. The van der Waals surface area contributed by atoms with E-state index in [-0.39, 0.29) is 5.56 Å². The van der Waals surface area contributed by atoms with Crippen molar-refractivity contribution >= 4 is 10.8 Å². The first kappa shape index (κ1) is 22.1. The number of fused-ring (bicyclic) bond motifs is 1. The molecule has 0 heterocycles. The van der Waals surface area contributed by atoms with Gasteiger partial charge < -0.3 is 0 Å². The molecule has 0 fully saturated rings. The van der Waals surface area contributed by atoms with Gasteiger partial charge in [-0.1, -0.05) is 75.1 Å². The van der Waals surface area contributed by atoms with Crippen molar-refractivity contribution in [1.82, 2.24) is 0 Å². The predicted octanol–water partition coefficient (Wildman–Crippen LogP) is 9.10. The molecule has 0 aromatic heterocycles. The Hall–Kier alpha value is -3.07. The first-order valence-corrected chi connectivity index (χ1v) is 11.3. The van der Waals surface area contributed by atoms with Crippen LogP contribution in [0.5, 0.6) is 0 Å². The van der Waals surface area contributed by atoms with E-state index >= 15 is 0 Å². The van der Waals surface area contributed by atoms with Crippen molar-refractivity contribution in [3.05, 3.63) is 95.8 Å². The minimum Gasteiger partial charge on any atom is -0.207 e. The fourth-order valence-electron chi connectivity index (χ4n) is 4.20. The molecule has 4 rings (SSSR count). The highest BCUT2D eigenvalue weighted by Crippen LogP contribution is 2.32. The van der Waals surface area contributed by atoms with Crippen molar-refractivity contribution in [1.29, 1.82) is 0 Å². The van der Waals surface area contributed by atoms with Gasteiger partial charge in [-0.3, -0.25) is 0 Å². The number of halogens is 3. The zero-order valence-electron chi connectivity index (χ0n) is 18.3. The zero-order chi connectivity index (χ0) is 22.5. The average Bonchev–Trinajstić information content (AvgIpc) is 2.79. The molecule has 4 aromatic carbocycles. The van der Waals surface area contributed by atoms with E-state index < -0.39 is 17.5 Å². The van der Waals surface area contributed by atoms with Crippen LogP contribution in [0.2, 0.25) is 0 Å². The normalized spacial score (nSPS) is 11.2. The van der Waals surface area contributed by atoms with Crippen LogP contribution in [0.15, 0.2) is 72.8 Å². The Morgan fingerprint density at radius 1 is 0.562 bits per heavy atom. The maximum absolute atomic E-state index is 14.8. The van der Waals surface area contributed by atoms with E-state index in [1.165, 1.54) is 74.1 Å². The summed E-state index contributed by atoms with van der Waals surface area (Å²) in [6.07, 6.45) is 7.37. The molecule has 0 radical (unpaired) electrons. The summed E-state index contributed by atoms with van der Waals surface area (Å²) in [5.74, 6) is -1.77. The second kappa shape index (κ2) is 10.0. The third-order valence-corrected chi connectivity index (χ3v) is 5.98. The molecular weight excluding hydrogens is 405 g/mol. The summed E-state index contributed by atoms with van der Waals surface area (Å²) in [5.41, 5.74) is 2.73. The van der Waals surface area contributed by atoms with E-state index in [0.717, 1.165) is 22.8 Å². The van der Waals surface area contributed by atoms with Gasteiger partial charge in [0.1, 0.15) is 17.5 Å². The molecule has 3 heteroatoms. The Balaban J connectivity index is 1.56. The van der Waals surface area contributed by atoms with Gasteiger partial charge in [0.2, 0.25) is 0 Å². The van der Waals surface area contributed by atoms with Crippen LogP contribution in [-0.2, 0) is 6.42 Å². The van der Waals surface area contributed by atoms with Crippen molar-refractivity contribution in [3.63, 3.8) is 0 Å². The molecule has 0 aliphatic heterocycles. The molecule has 0 unspecified atom stereocenters. The van der Waals surface area contributed by atoms with Gasteiger partial charge in [-0.15, -0.1) is 0 Å². The predicted molar refractivity (Wildman–Crippen MR) is 127 cm³/mol. The lowest BCUT2D eigenvalue weighted by Gasteiger charge is -2.10. The molecule has 0 bridgehead atoms. The highest BCUT2D eigenvalue weighted by atomic mass is 19.1. The van der Waals surface area contributed by atoms with E-state index in [1.807, 2.05) is 18.2 Å². The highest BCUT2D eigenvalue weighted by Gasteiger charge is 2.14. The highest BCUT2D eigenvalue weighted by molar-refractivity contribution is 5.88. The molecule has 0 nitrogen and oxygen atoms in total. The summed E-state index contributed by atoms with van der Waals surface area (Å²) in [6, 6.07) is 20.2. The Kier molecular flexibility index (Phi) is 6.94. The van der Waals surface area contributed by atoms with Crippen LogP contribution in [0.3, 0.4) is 0 Å². The first-order valence-electron chi connectivity index (χ1n) is 11.3. The molecule has 0 saturated carbocycles. The third kappa shape index (κ3) is 5.04. The minimum absolute atomic E-state index is 0.141. The average molecular weight is 433 g/mol. The molecule has 0 amide bonds. The van der Waals surface area contributed by atoms with Gasteiger partial charge >= 0.3 is 0 Å². The van der Waals surface area contributed by atoms with Gasteiger partial charge in [-0.25, -0.2) is 13.2 Å². The SMILES string of the molecule is CCCCCCCc1ccc2cc(-c3cc(F)c(-c4ccc(F)cc4)c(F)c3)ccc2c1. The van der Waals surface area contributed by atoms with Gasteiger partial charge in [0.15, 0.2) is 0 Å². The van der Waals surface area contributed by atoms with Crippen LogP contribution in [0.25, 0.3) is 33.0 Å². The summed E-state index contributed by atoms with van der Waals surface area (Å²) in [5, 5.41) is 2.17. The number of aryl methyl sites for hydroxylation is 1. The molecule has 0 N–H and O–H groups in total. The van der Waals surface area contributed by atoms with Crippen molar-refractivity contribution in [2.45, 2.75) is 45.4 Å².